The summed E-state index contributed by atoms with van der Waals surface area (Å²) >= 11 is 1.60. The van der Waals surface area contributed by atoms with Gasteiger partial charge in [-0.05, 0) is 45.1 Å². The van der Waals surface area contributed by atoms with Crippen LogP contribution in [0.15, 0.2) is 5.51 Å². The summed E-state index contributed by atoms with van der Waals surface area (Å²) < 4.78 is 15.0. The highest BCUT2D eigenvalue weighted by molar-refractivity contribution is 7.09. The molecule has 1 aliphatic carbocycles. The topological polar surface area (TPSA) is 45.2 Å². The number of rotatable bonds is 5. The van der Waals surface area contributed by atoms with Crippen LogP contribution >= 0.6 is 11.3 Å². The van der Waals surface area contributed by atoms with Gasteiger partial charge >= 0.3 is 0 Å². The minimum Gasteiger partial charge on any atom is -0.353 e. The number of amides is 1. The zero-order chi connectivity index (χ0) is 14.9. The van der Waals surface area contributed by atoms with E-state index in [9.17, 15) is 9.18 Å². The van der Waals surface area contributed by atoms with E-state index in [-0.39, 0.29) is 6.54 Å². The lowest BCUT2D eigenvalue weighted by atomic mass is 9.93. The molecule has 1 aromatic rings. The number of hydrogen-bond acceptors (Lipinski definition) is 4. The summed E-state index contributed by atoms with van der Waals surface area (Å²) in [5.74, 6) is 0.164. The van der Waals surface area contributed by atoms with Gasteiger partial charge in [0.15, 0.2) is 0 Å². The Kier molecular flexibility index (Phi) is 4.26. The van der Waals surface area contributed by atoms with Gasteiger partial charge in [0.1, 0.15) is 0 Å². The Morgan fingerprint density at radius 3 is 3.10 bits per heavy atom. The monoisotopic (exact) mass is 311 g/mol. The first-order chi connectivity index (χ1) is 10.1. The predicted molar refractivity (Wildman–Crippen MR) is 80.9 cm³/mol. The summed E-state index contributed by atoms with van der Waals surface area (Å²) in [6.07, 6.45) is 3.39. The standard InChI is InChI=1S/C15H22FN3OS/c1-11-13(21-10-18-11)8-19-6-2-5-15(16,9-19)14(20)17-7-12-3-4-12/h10,12H,2-9H2,1H3,(H,17,20)/t15-/m0/s1. The summed E-state index contributed by atoms with van der Waals surface area (Å²) in [7, 11) is 0. The minimum absolute atomic E-state index is 0.195. The van der Waals surface area contributed by atoms with Crippen molar-refractivity contribution in [3.05, 3.63) is 16.1 Å². The maximum absolute atomic E-state index is 15.0. The highest BCUT2D eigenvalue weighted by atomic mass is 32.1. The van der Waals surface area contributed by atoms with Crippen LogP contribution in [0.2, 0.25) is 0 Å². The number of piperidine rings is 1. The van der Waals surface area contributed by atoms with Crippen molar-refractivity contribution in [2.24, 2.45) is 5.92 Å². The number of alkyl halides is 1. The summed E-state index contributed by atoms with van der Waals surface area (Å²) in [6, 6.07) is 0. The van der Waals surface area contributed by atoms with Crippen LogP contribution in [0.25, 0.3) is 0 Å². The van der Waals surface area contributed by atoms with E-state index < -0.39 is 11.6 Å². The minimum atomic E-state index is -1.73. The Labute approximate surface area is 128 Å². The summed E-state index contributed by atoms with van der Waals surface area (Å²) in [6.45, 7) is 4.34. The van der Waals surface area contributed by atoms with Crippen molar-refractivity contribution in [1.82, 2.24) is 15.2 Å². The predicted octanol–water partition coefficient (Wildman–Crippen LogP) is 2.28. The molecular formula is C15H22FN3OS. The smallest absolute Gasteiger partial charge is 0.259 e. The van der Waals surface area contributed by atoms with Gasteiger partial charge in [0, 0.05) is 24.5 Å². The molecule has 1 atom stereocenters. The van der Waals surface area contributed by atoms with Gasteiger partial charge in [-0.1, -0.05) is 0 Å². The van der Waals surface area contributed by atoms with Crippen molar-refractivity contribution in [3.8, 4) is 0 Å². The number of carbonyl (C=O) groups is 1. The van der Waals surface area contributed by atoms with Crippen molar-refractivity contribution >= 4 is 17.2 Å². The average Bonchev–Trinajstić information content (AvgIpc) is 3.20. The largest absolute Gasteiger partial charge is 0.353 e. The van der Waals surface area contributed by atoms with Crippen molar-refractivity contribution in [2.45, 2.75) is 44.8 Å². The highest BCUT2D eigenvalue weighted by Gasteiger charge is 2.43. The zero-order valence-electron chi connectivity index (χ0n) is 12.4. The molecule has 3 rings (SSSR count). The third-order valence-corrected chi connectivity index (χ3v) is 5.31. The van der Waals surface area contributed by atoms with Crippen LogP contribution in [-0.4, -0.2) is 41.1 Å². The first kappa shape index (κ1) is 14.9. The van der Waals surface area contributed by atoms with Crippen molar-refractivity contribution in [1.29, 1.82) is 0 Å². The number of aryl methyl sites for hydroxylation is 1. The third-order valence-electron chi connectivity index (χ3n) is 4.39. The second kappa shape index (κ2) is 6.01. The molecule has 1 N–H and O–H groups in total. The molecule has 0 spiro atoms. The van der Waals surface area contributed by atoms with E-state index in [4.69, 9.17) is 0 Å². The number of nitrogens with one attached hydrogen (secondary N) is 1. The molecule has 4 nitrogen and oxygen atoms in total. The molecule has 2 fully saturated rings. The molecule has 2 heterocycles. The number of carbonyl (C=O) groups excluding carboxylic acids is 1. The second-order valence-corrected chi connectivity index (χ2v) is 7.23. The second-order valence-electron chi connectivity index (χ2n) is 6.29. The van der Waals surface area contributed by atoms with Gasteiger partial charge in [-0.3, -0.25) is 9.69 Å². The normalized spacial score (nSPS) is 26.8. The Bertz CT molecular complexity index is 517. The Balaban J connectivity index is 1.58. The number of thiazole rings is 1. The molecule has 116 valence electrons. The maximum atomic E-state index is 15.0. The summed E-state index contributed by atoms with van der Waals surface area (Å²) in [5, 5.41) is 2.80. The molecule has 0 unspecified atom stereocenters. The molecule has 1 aliphatic heterocycles. The number of halogens is 1. The van der Waals surface area contributed by atoms with Crippen LogP contribution in [0.1, 0.15) is 36.3 Å². The fraction of sp³-hybridized carbons (Fsp3) is 0.733. The molecule has 2 aliphatic rings. The first-order valence-corrected chi connectivity index (χ1v) is 8.53. The quantitative estimate of drug-likeness (QED) is 0.907. The van der Waals surface area contributed by atoms with Gasteiger partial charge in [0.2, 0.25) is 5.67 Å². The van der Waals surface area contributed by atoms with E-state index in [2.05, 4.69) is 10.3 Å². The van der Waals surface area contributed by atoms with E-state index in [1.165, 1.54) is 0 Å². The lowest BCUT2D eigenvalue weighted by Gasteiger charge is -2.36. The van der Waals surface area contributed by atoms with Gasteiger partial charge in [0.25, 0.3) is 5.91 Å². The lowest BCUT2D eigenvalue weighted by molar-refractivity contribution is -0.136. The van der Waals surface area contributed by atoms with Crippen molar-refractivity contribution in [3.63, 3.8) is 0 Å². The summed E-state index contributed by atoms with van der Waals surface area (Å²) in [4.78, 5) is 19.6. The van der Waals surface area contributed by atoms with Crippen LogP contribution in [0, 0.1) is 12.8 Å². The van der Waals surface area contributed by atoms with Crippen LogP contribution in [0.4, 0.5) is 4.39 Å². The average molecular weight is 311 g/mol. The van der Waals surface area contributed by atoms with E-state index in [0.29, 0.717) is 25.4 Å². The van der Waals surface area contributed by atoms with Crippen molar-refractivity contribution in [2.75, 3.05) is 19.6 Å². The Hall–Kier alpha value is -1.01. The Morgan fingerprint density at radius 1 is 1.62 bits per heavy atom. The fourth-order valence-corrected chi connectivity index (χ4v) is 3.63. The molecular weight excluding hydrogens is 289 g/mol. The summed E-state index contributed by atoms with van der Waals surface area (Å²) in [5.41, 5.74) is 1.10. The third kappa shape index (κ3) is 3.61. The number of aromatic nitrogens is 1. The molecule has 21 heavy (non-hydrogen) atoms. The maximum Gasteiger partial charge on any atom is 0.259 e. The van der Waals surface area contributed by atoms with Gasteiger partial charge in [-0.15, -0.1) is 11.3 Å². The number of likely N-dealkylation sites (tertiary alicyclic amines) is 1. The lowest BCUT2D eigenvalue weighted by Crippen LogP contribution is -2.54. The Morgan fingerprint density at radius 2 is 2.43 bits per heavy atom. The van der Waals surface area contributed by atoms with Gasteiger partial charge in [-0.25, -0.2) is 9.37 Å². The molecule has 1 amide bonds. The fourth-order valence-electron chi connectivity index (χ4n) is 2.81. The molecule has 6 heteroatoms. The SMILES string of the molecule is Cc1ncsc1CN1CCC[C@@](F)(C(=O)NCC2CC2)C1. The van der Waals surface area contributed by atoms with Crippen LogP contribution in [0.3, 0.4) is 0 Å². The molecule has 0 radical (unpaired) electrons. The number of nitrogens with zero attached hydrogens (tertiary/aromatic N) is 2. The first-order valence-electron chi connectivity index (χ1n) is 7.65. The molecule has 1 saturated heterocycles. The van der Waals surface area contributed by atoms with Crippen LogP contribution < -0.4 is 5.32 Å². The van der Waals surface area contributed by atoms with Gasteiger partial charge in [0.05, 0.1) is 11.2 Å². The molecule has 0 bridgehead atoms. The molecule has 0 aromatic carbocycles. The number of hydrogen-bond donors (Lipinski definition) is 1. The molecule has 1 aromatic heterocycles. The van der Waals surface area contributed by atoms with Crippen LogP contribution in [0.5, 0.6) is 0 Å². The highest BCUT2D eigenvalue weighted by Crippen LogP contribution is 2.30. The van der Waals surface area contributed by atoms with Gasteiger partial charge in [-0.2, -0.15) is 0 Å². The zero-order valence-corrected chi connectivity index (χ0v) is 13.2. The van der Waals surface area contributed by atoms with E-state index in [0.717, 1.165) is 36.4 Å². The van der Waals surface area contributed by atoms with Crippen LogP contribution in [-0.2, 0) is 11.3 Å². The van der Waals surface area contributed by atoms with E-state index >= 15 is 0 Å². The van der Waals surface area contributed by atoms with E-state index in [1.807, 2.05) is 17.3 Å². The van der Waals surface area contributed by atoms with Gasteiger partial charge < -0.3 is 5.32 Å². The van der Waals surface area contributed by atoms with E-state index in [1.54, 1.807) is 11.3 Å². The van der Waals surface area contributed by atoms with Crippen molar-refractivity contribution < 1.29 is 9.18 Å². The molecule has 1 saturated carbocycles.